The van der Waals surface area contributed by atoms with Crippen molar-refractivity contribution in [2.24, 2.45) is 11.3 Å². The molecule has 23 heavy (non-hydrogen) atoms. The largest absolute Gasteiger partial charge is 0.405 e. The van der Waals surface area contributed by atoms with Crippen LogP contribution in [0.5, 0.6) is 0 Å². The molecule has 126 valence electrons. The molecule has 0 amide bonds. The lowest BCUT2D eigenvalue weighted by atomic mass is 10.0. The molecule has 2 atom stereocenters. The van der Waals surface area contributed by atoms with Gasteiger partial charge in [0.25, 0.3) is 0 Å². The fourth-order valence-electron chi connectivity index (χ4n) is 2.62. The summed E-state index contributed by atoms with van der Waals surface area (Å²) in [6.07, 6.45) is -4.35. The molecule has 6 nitrogen and oxygen atoms in total. The molecule has 0 spiro atoms. The van der Waals surface area contributed by atoms with E-state index in [-0.39, 0.29) is 10.4 Å². The molecule has 1 N–H and O–H groups in total. The minimum Gasteiger partial charge on any atom is -0.243 e. The van der Waals surface area contributed by atoms with Gasteiger partial charge in [0.2, 0.25) is 10.0 Å². The van der Waals surface area contributed by atoms with E-state index in [4.69, 9.17) is 0 Å². The minimum absolute atomic E-state index is 0.156. The topological polar surface area (TPSA) is 85.1 Å². The molecule has 1 heterocycles. The number of benzene rings is 1. The first-order valence-electron chi connectivity index (χ1n) is 6.82. The first-order chi connectivity index (χ1) is 10.5. The number of nitrogens with one attached hydrogen (secondary N) is 1. The second-order valence-electron chi connectivity index (χ2n) is 6.35. The molecule has 1 aliphatic rings. The minimum atomic E-state index is -4.66. The molecule has 3 rings (SSSR count). The van der Waals surface area contributed by atoms with E-state index in [1.807, 2.05) is 0 Å². The van der Waals surface area contributed by atoms with E-state index in [2.05, 4.69) is 14.9 Å². The van der Waals surface area contributed by atoms with Crippen molar-refractivity contribution in [3.8, 4) is 0 Å². The van der Waals surface area contributed by atoms with Crippen LogP contribution in [0.15, 0.2) is 27.7 Å². The molecule has 1 fully saturated rings. The summed E-state index contributed by atoms with van der Waals surface area (Å²) in [4.78, 5) is -0.312. The van der Waals surface area contributed by atoms with Crippen LogP contribution in [0, 0.1) is 11.3 Å². The van der Waals surface area contributed by atoms with Crippen LogP contribution in [0.3, 0.4) is 0 Å². The molecule has 1 aliphatic carbocycles. The summed E-state index contributed by atoms with van der Waals surface area (Å²) in [7, 11) is -4.35. The van der Waals surface area contributed by atoms with E-state index in [1.165, 1.54) is 12.1 Å². The smallest absolute Gasteiger partial charge is 0.243 e. The summed E-state index contributed by atoms with van der Waals surface area (Å²) in [6, 6.07) is 1.50. The van der Waals surface area contributed by atoms with Gasteiger partial charge in [-0.1, -0.05) is 13.8 Å². The number of hydrogen-bond donors (Lipinski definition) is 1. The average molecular weight is 349 g/mol. The maximum Gasteiger partial charge on any atom is 0.405 e. The molecule has 0 saturated heterocycles. The van der Waals surface area contributed by atoms with Gasteiger partial charge in [-0.2, -0.15) is 17.9 Å². The number of alkyl halides is 3. The SMILES string of the molecule is CC1(C)CC1C(NS(=O)(=O)c1ccc2nonc2c1)C(F)(F)F. The van der Waals surface area contributed by atoms with Crippen molar-refractivity contribution in [1.82, 2.24) is 15.0 Å². The molecule has 1 aromatic heterocycles. The van der Waals surface area contributed by atoms with Crippen LogP contribution >= 0.6 is 0 Å². The molecule has 1 saturated carbocycles. The van der Waals surface area contributed by atoms with Gasteiger partial charge in [0.15, 0.2) is 0 Å². The van der Waals surface area contributed by atoms with Gasteiger partial charge in [0, 0.05) is 0 Å². The quantitative estimate of drug-likeness (QED) is 0.917. The molecule has 0 aliphatic heterocycles. The standard InChI is InChI=1S/C13H14F3N3O3S/c1-12(2)6-8(12)11(13(14,15)16)19-23(20,21)7-3-4-9-10(5-7)18-22-17-9/h3-5,8,11,19H,6H2,1-2H3. The fraction of sp³-hybridized carbons (Fsp3) is 0.538. The zero-order valence-corrected chi connectivity index (χ0v) is 13.1. The first kappa shape index (κ1) is 16.2. The van der Waals surface area contributed by atoms with E-state index < -0.39 is 33.6 Å². The summed E-state index contributed by atoms with van der Waals surface area (Å²) in [6.45, 7) is 3.36. The van der Waals surface area contributed by atoms with Crippen molar-refractivity contribution < 1.29 is 26.2 Å². The van der Waals surface area contributed by atoms with Crippen LogP contribution in [0.25, 0.3) is 11.0 Å². The Bertz CT molecular complexity index is 845. The van der Waals surface area contributed by atoms with E-state index in [0.29, 0.717) is 11.9 Å². The maximum absolute atomic E-state index is 13.2. The molecule has 1 aromatic carbocycles. The normalized spacial score (nSPS) is 22.2. The van der Waals surface area contributed by atoms with Crippen LogP contribution in [0.2, 0.25) is 0 Å². The van der Waals surface area contributed by atoms with Crippen LogP contribution in [-0.2, 0) is 10.0 Å². The lowest BCUT2D eigenvalue weighted by Gasteiger charge is -2.23. The number of sulfonamides is 1. The van der Waals surface area contributed by atoms with E-state index >= 15 is 0 Å². The van der Waals surface area contributed by atoms with E-state index in [1.54, 1.807) is 18.6 Å². The molecule has 2 aromatic rings. The molecule has 0 radical (unpaired) electrons. The third kappa shape index (κ3) is 3.05. The van der Waals surface area contributed by atoms with Crippen molar-refractivity contribution in [1.29, 1.82) is 0 Å². The summed E-state index contributed by atoms with van der Waals surface area (Å²) in [5.41, 5.74) is -0.0641. The van der Waals surface area contributed by atoms with E-state index in [9.17, 15) is 21.6 Å². The van der Waals surface area contributed by atoms with Crippen LogP contribution in [-0.4, -0.2) is 30.9 Å². The summed E-state index contributed by atoms with van der Waals surface area (Å²) in [5.74, 6) is -0.783. The van der Waals surface area contributed by atoms with Crippen molar-refractivity contribution in [2.75, 3.05) is 0 Å². The lowest BCUT2D eigenvalue weighted by Crippen LogP contribution is -2.47. The Morgan fingerprint density at radius 2 is 1.91 bits per heavy atom. The third-order valence-corrected chi connectivity index (χ3v) is 5.60. The fourth-order valence-corrected chi connectivity index (χ4v) is 3.90. The van der Waals surface area contributed by atoms with Crippen LogP contribution in [0.4, 0.5) is 13.2 Å². The molecule has 0 bridgehead atoms. The van der Waals surface area contributed by atoms with Crippen LogP contribution in [0.1, 0.15) is 20.3 Å². The van der Waals surface area contributed by atoms with Gasteiger partial charge < -0.3 is 0 Å². The highest BCUT2D eigenvalue weighted by Crippen LogP contribution is 2.56. The van der Waals surface area contributed by atoms with Gasteiger partial charge in [-0.3, -0.25) is 0 Å². The second kappa shape index (κ2) is 4.91. The zero-order chi connectivity index (χ0) is 17.0. The zero-order valence-electron chi connectivity index (χ0n) is 12.3. The average Bonchev–Trinajstić information content (AvgIpc) is 2.85. The predicted octanol–water partition coefficient (Wildman–Crippen LogP) is 2.48. The highest BCUT2D eigenvalue weighted by Gasteiger charge is 2.59. The summed E-state index contributed by atoms with van der Waals surface area (Å²) >= 11 is 0. The van der Waals surface area contributed by atoms with Gasteiger partial charge >= 0.3 is 6.18 Å². The Hall–Kier alpha value is -1.68. The van der Waals surface area contributed by atoms with Gasteiger partial charge in [-0.15, -0.1) is 0 Å². The monoisotopic (exact) mass is 349 g/mol. The number of aromatic nitrogens is 2. The Labute approximate surface area is 130 Å². The van der Waals surface area contributed by atoms with Gasteiger partial charge in [0.05, 0.1) is 4.90 Å². The molecule has 10 heteroatoms. The number of hydrogen-bond acceptors (Lipinski definition) is 5. The van der Waals surface area contributed by atoms with Gasteiger partial charge in [-0.05, 0) is 46.3 Å². The third-order valence-electron chi connectivity index (χ3n) is 4.16. The highest BCUT2D eigenvalue weighted by atomic mass is 32.2. The molecular formula is C13H14F3N3O3S. The lowest BCUT2D eigenvalue weighted by molar-refractivity contribution is -0.157. The highest BCUT2D eigenvalue weighted by molar-refractivity contribution is 7.89. The predicted molar refractivity (Wildman–Crippen MR) is 73.9 cm³/mol. The summed E-state index contributed by atoms with van der Waals surface area (Å²) in [5, 5.41) is 7.01. The van der Waals surface area contributed by atoms with Crippen LogP contribution < -0.4 is 4.72 Å². The summed E-state index contributed by atoms with van der Waals surface area (Å²) < 4.78 is 70.6. The van der Waals surface area contributed by atoms with Crippen molar-refractivity contribution in [3.63, 3.8) is 0 Å². The maximum atomic E-state index is 13.2. The second-order valence-corrected chi connectivity index (χ2v) is 8.07. The number of rotatable bonds is 4. The number of fused-ring (bicyclic) bond motifs is 1. The molecule has 2 unspecified atom stereocenters. The van der Waals surface area contributed by atoms with Crippen molar-refractivity contribution in [3.05, 3.63) is 18.2 Å². The molecular weight excluding hydrogens is 335 g/mol. The van der Waals surface area contributed by atoms with Gasteiger partial charge in [0.1, 0.15) is 17.1 Å². The van der Waals surface area contributed by atoms with Crippen molar-refractivity contribution in [2.45, 2.75) is 37.4 Å². The van der Waals surface area contributed by atoms with E-state index in [0.717, 1.165) is 6.07 Å². The number of halogens is 3. The Balaban J connectivity index is 1.92. The Kier molecular flexibility index (Phi) is 3.45. The Morgan fingerprint density at radius 3 is 2.48 bits per heavy atom. The van der Waals surface area contributed by atoms with Crippen molar-refractivity contribution >= 4 is 21.1 Å². The first-order valence-corrected chi connectivity index (χ1v) is 8.30. The Morgan fingerprint density at radius 1 is 1.30 bits per heavy atom. The number of nitrogens with zero attached hydrogens (tertiary/aromatic N) is 2. The van der Waals surface area contributed by atoms with Gasteiger partial charge in [-0.25, -0.2) is 13.0 Å².